The quantitative estimate of drug-likeness (QED) is 0.721. The number of carbonyl (C=O) groups excluding carboxylic acids is 1. The highest BCUT2D eigenvalue weighted by Gasteiger charge is 2.10. The van der Waals surface area contributed by atoms with E-state index in [1.165, 1.54) is 0 Å². The van der Waals surface area contributed by atoms with E-state index in [1.54, 1.807) is 0 Å². The van der Waals surface area contributed by atoms with Crippen LogP contribution < -0.4 is 14.8 Å². The van der Waals surface area contributed by atoms with Crippen LogP contribution in [0, 0.1) is 0 Å². The van der Waals surface area contributed by atoms with Crippen LogP contribution in [0.4, 0.5) is 0 Å². The average Bonchev–Trinajstić information content (AvgIpc) is 2.38. The molecule has 0 aliphatic carbocycles. The molecule has 0 aliphatic rings. The predicted molar refractivity (Wildman–Crippen MR) is 71.3 cm³/mol. The van der Waals surface area contributed by atoms with Crippen LogP contribution >= 0.6 is 0 Å². The Balaban J connectivity index is 2.87. The van der Waals surface area contributed by atoms with Crippen LogP contribution in [0.2, 0.25) is 0 Å². The molecule has 1 aromatic rings. The van der Waals surface area contributed by atoms with Gasteiger partial charge in [0, 0.05) is 6.54 Å². The molecule has 1 amide bonds. The van der Waals surface area contributed by atoms with Gasteiger partial charge in [0.1, 0.15) is 0 Å². The van der Waals surface area contributed by atoms with Gasteiger partial charge >= 0.3 is 0 Å². The monoisotopic (exact) mass is 251 g/mol. The summed E-state index contributed by atoms with van der Waals surface area (Å²) in [4.78, 5) is 10.3. The molecular weight excluding hydrogens is 230 g/mol. The fraction of sp³-hybridized carbons (Fsp3) is 0.500. The first-order chi connectivity index (χ1) is 8.72. The number of hydrogen-bond acceptors (Lipinski definition) is 3. The number of carbonyl (C=O) groups is 1. The largest absolute Gasteiger partial charge is 0.490 e. The van der Waals surface area contributed by atoms with Gasteiger partial charge in [0.25, 0.3) is 0 Å². The lowest BCUT2D eigenvalue weighted by Crippen LogP contribution is -2.18. The third-order valence-corrected chi connectivity index (χ3v) is 2.64. The Morgan fingerprint density at radius 2 is 1.89 bits per heavy atom. The molecule has 0 bridgehead atoms. The van der Waals surface area contributed by atoms with E-state index in [-0.39, 0.29) is 5.92 Å². The molecule has 0 heterocycles. The normalized spacial score (nSPS) is 11.7. The highest BCUT2D eigenvalue weighted by Crippen LogP contribution is 2.31. The highest BCUT2D eigenvalue weighted by molar-refractivity contribution is 5.47. The first-order valence-corrected chi connectivity index (χ1v) is 6.29. The van der Waals surface area contributed by atoms with E-state index in [0.717, 1.165) is 17.1 Å². The van der Waals surface area contributed by atoms with Crippen molar-refractivity contribution in [3.8, 4) is 11.5 Å². The van der Waals surface area contributed by atoms with E-state index in [2.05, 4.69) is 12.2 Å². The molecular formula is C14H21NO3. The summed E-state index contributed by atoms with van der Waals surface area (Å²) in [7, 11) is 0. The summed E-state index contributed by atoms with van der Waals surface area (Å²) in [6.45, 7) is 7.77. The van der Waals surface area contributed by atoms with Gasteiger partial charge in [0.05, 0.1) is 13.2 Å². The standard InChI is InChI=1S/C14H21NO3/c1-4-17-13-7-6-12(8-14(13)18-5-2)11(3)9-15-10-16/h6-8,10-11H,4-5,9H2,1-3H3,(H,15,16). The van der Waals surface area contributed by atoms with Crippen LogP contribution in [0.15, 0.2) is 18.2 Å². The molecule has 1 atom stereocenters. The van der Waals surface area contributed by atoms with Crippen LogP contribution in [0.3, 0.4) is 0 Å². The van der Waals surface area contributed by atoms with Gasteiger partial charge in [-0.3, -0.25) is 4.79 Å². The minimum Gasteiger partial charge on any atom is -0.490 e. The molecule has 0 saturated heterocycles. The van der Waals surface area contributed by atoms with Crippen LogP contribution in [-0.2, 0) is 4.79 Å². The van der Waals surface area contributed by atoms with E-state index in [9.17, 15) is 4.79 Å². The molecule has 1 aromatic carbocycles. The van der Waals surface area contributed by atoms with Crippen molar-refractivity contribution in [1.29, 1.82) is 0 Å². The fourth-order valence-corrected chi connectivity index (χ4v) is 1.72. The minimum absolute atomic E-state index is 0.241. The summed E-state index contributed by atoms with van der Waals surface area (Å²) in [6, 6.07) is 5.90. The first kappa shape index (κ1) is 14.4. The van der Waals surface area contributed by atoms with E-state index < -0.39 is 0 Å². The molecule has 1 unspecified atom stereocenters. The number of amides is 1. The number of nitrogens with one attached hydrogen (secondary N) is 1. The molecule has 18 heavy (non-hydrogen) atoms. The Hall–Kier alpha value is -1.71. The highest BCUT2D eigenvalue weighted by atomic mass is 16.5. The van der Waals surface area contributed by atoms with Gasteiger partial charge in [-0.25, -0.2) is 0 Å². The number of rotatable bonds is 8. The molecule has 0 spiro atoms. The molecule has 0 aromatic heterocycles. The van der Waals surface area contributed by atoms with Crippen molar-refractivity contribution in [3.63, 3.8) is 0 Å². The molecule has 4 nitrogen and oxygen atoms in total. The predicted octanol–water partition coefficient (Wildman–Crippen LogP) is 2.33. The fourth-order valence-electron chi connectivity index (χ4n) is 1.72. The third-order valence-electron chi connectivity index (χ3n) is 2.64. The van der Waals surface area contributed by atoms with Crippen molar-refractivity contribution in [1.82, 2.24) is 5.32 Å². The van der Waals surface area contributed by atoms with Crippen molar-refractivity contribution in [2.45, 2.75) is 26.7 Å². The van der Waals surface area contributed by atoms with E-state index >= 15 is 0 Å². The zero-order chi connectivity index (χ0) is 13.4. The van der Waals surface area contributed by atoms with Crippen molar-refractivity contribution < 1.29 is 14.3 Å². The van der Waals surface area contributed by atoms with Crippen molar-refractivity contribution in [2.24, 2.45) is 0 Å². The maximum atomic E-state index is 10.3. The van der Waals surface area contributed by atoms with Crippen molar-refractivity contribution in [2.75, 3.05) is 19.8 Å². The second-order valence-electron chi connectivity index (χ2n) is 4.00. The Morgan fingerprint density at radius 1 is 1.22 bits per heavy atom. The van der Waals surface area contributed by atoms with Crippen molar-refractivity contribution in [3.05, 3.63) is 23.8 Å². The smallest absolute Gasteiger partial charge is 0.207 e. The first-order valence-electron chi connectivity index (χ1n) is 6.29. The molecule has 4 heteroatoms. The average molecular weight is 251 g/mol. The molecule has 100 valence electrons. The molecule has 0 fully saturated rings. The summed E-state index contributed by atoms with van der Waals surface area (Å²) >= 11 is 0. The van der Waals surface area contributed by atoms with Crippen LogP contribution in [0.25, 0.3) is 0 Å². The third kappa shape index (κ3) is 3.95. The van der Waals surface area contributed by atoms with Gasteiger partial charge in [-0.05, 0) is 37.5 Å². The summed E-state index contributed by atoms with van der Waals surface area (Å²) in [5.41, 5.74) is 1.12. The Bertz CT molecular complexity index is 379. The number of ether oxygens (including phenoxy) is 2. The lowest BCUT2D eigenvalue weighted by Gasteiger charge is -2.15. The second kappa shape index (κ2) is 7.58. The zero-order valence-corrected chi connectivity index (χ0v) is 11.2. The van der Waals surface area contributed by atoms with Gasteiger partial charge in [-0.2, -0.15) is 0 Å². The topological polar surface area (TPSA) is 47.6 Å². The Kier molecular flexibility index (Phi) is 6.05. The van der Waals surface area contributed by atoms with E-state index in [0.29, 0.717) is 26.2 Å². The van der Waals surface area contributed by atoms with Gasteiger partial charge in [-0.1, -0.05) is 13.0 Å². The molecule has 1 N–H and O–H groups in total. The van der Waals surface area contributed by atoms with E-state index in [1.807, 2.05) is 32.0 Å². The summed E-state index contributed by atoms with van der Waals surface area (Å²) in [6.07, 6.45) is 0.717. The van der Waals surface area contributed by atoms with Gasteiger partial charge < -0.3 is 14.8 Å². The van der Waals surface area contributed by atoms with Crippen LogP contribution in [0.5, 0.6) is 11.5 Å². The number of hydrogen-bond donors (Lipinski definition) is 1. The molecule has 0 aliphatic heterocycles. The van der Waals surface area contributed by atoms with Crippen molar-refractivity contribution >= 4 is 6.41 Å². The lowest BCUT2D eigenvalue weighted by atomic mass is 10.0. The summed E-state index contributed by atoms with van der Waals surface area (Å²) in [5.74, 6) is 1.76. The van der Waals surface area contributed by atoms with Crippen LogP contribution in [0.1, 0.15) is 32.3 Å². The van der Waals surface area contributed by atoms with Gasteiger partial charge in [0.15, 0.2) is 11.5 Å². The van der Waals surface area contributed by atoms with Gasteiger partial charge in [0.2, 0.25) is 6.41 Å². The second-order valence-corrected chi connectivity index (χ2v) is 4.00. The Morgan fingerprint density at radius 3 is 2.50 bits per heavy atom. The maximum absolute atomic E-state index is 10.3. The molecule has 1 rings (SSSR count). The summed E-state index contributed by atoms with van der Waals surface area (Å²) < 4.78 is 11.1. The van der Waals surface area contributed by atoms with Crippen LogP contribution in [-0.4, -0.2) is 26.2 Å². The SMILES string of the molecule is CCOc1ccc(C(C)CNC=O)cc1OCC. The zero-order valence-electron chi connectivity index (χ0n) is 11.2. The minimum atomic E-state index is 0.241. The maximum Gasteiger partial charge on any atom is 0.207 e. The summed E-state index contributed by atoms with van der Waals surface area (Å²) in [5, 5.41) is 2.69. The molecule has 0 saturated carbocycles. The van der Waals surface area contributed by atoms with Gasteiger partial charge in [-0.15, -0.1) is 0 Å². The van der Waals surface area contributed by atoms with E-state index in [4.69, 9.17) is 9.47 Å². The number of benzene rings is 1. The molecule has 0 radical (unpaired) electrons. The Labute approximate surface area is 108 Å². The lowest BCUT2D eigenvalue weighted by molar-refractivity contribution is -0.109.